The van der Waals surface area contributed by atoms with E-state index in [0.717, 1.165) is 5.56 Å². The van der Waals surface area contributed by atoms with Crippen LogP contribution in [0.25, 0.3) is 6.08 Å². The first kappa shape index (κ1) is 19.6. The molecule has 0 atom stereocenters. The van der Waals surface area contributed by atoms with Crippen LogP contribution >= 0.6 is 23.2 Å². The van der Waals surface area contributed by atoms with Gasteiger partial charge in [-0.05, 0) is 42.0 Å². The average molecular weight is 395 g/mol. The van der Waals surface area contributed by atoms with E-state index in [1.807, 2.05) is 0 Å². The minimum absolute atomic E-state index is 0.156. The van der Waals surface area contributed by atoms with E-state index < -0.39 is 11.8 Å². The van der Waals surface area contributed by atoms with Crippen LogP contribution in [0.1, 0.15) is 15.9 Å². The molecule has 0 aliphatic carbocycles. The normalized spacial score (nSPS) is 10.5. The summed E-state index contributed by atoms with van der Waals surface area (Å²) in [4.78, 5) is 23.9. The number of carbonyl (C=O) groups excluding carboxylic acids is 2. The molecule has 0 unspecified atom stereocenters. The van der Waals surface area contributed by atoms with E-state index in [1.54, 1.807) is 30.3 Å². The second kappa shape index (κ2) is 9.12. The summed E-state index contributed by atoms with van der Waals surface area (Å²) in [5.74, 6) is 0.0235. The fourth-order valence-corrected chi connectivity index (χ4v) is 2.40. The Kier molecular flexibility index (Phi) is 6.89. The van der Waals surface area contributed by atoms with Crippen molar-refractivity contribution in [2.45, 2.75) is 0 Å². The van der Waals surface area contributed by atoms with Gasteiger partial charge >= 0.3 is 0 Å². The number of halogens is 2. The van der Waals surface area contributed by atoms with E-state index in [2.05, 4.69) is 10.9 Å². The third-order valence-electron chi connectivity index (χ3n) is 3.31. The minimum Gasteiger partial charge on any atom is -0.493 e. The molecule has 2 amide bonds. The molecular weight excluding hydrogens is 379 g/mol. The third-order valence-corrected chi connectivity index (χ3v) is 3.87. The molecule has 0 fully saturated rings. The van der Waals surface area contributed by atoms with Gasteiger partial charge in [-0.2, -0.15) is 0 Å². The second-order valence-electron chi connectivity index (χ2n) is 5.02. The number of carbonyl (C=O) groups is 2. The smallest absolute Gasteiger partial charge is 0.271 e. The van der Waals surface area contributed by atoms with Crippen molar-refractivity contribution in [3.8, 4) is 11.5 Å². The Morgan fingerprint density at radius 2 is 1.69 bits per heavy atom. The zero-order valence-corrected chi connectivity index (χ0v) is 15.5. The summed E-state index contributed by atoms with van der Waals surface area (Å²) < 4.78 is 10.3. The van der Waals surface area contributed by atoms with Crippen LogP contribution in [0.4, 0.5) is 0 Å². The van der Waals surface area contributed by atoms with Crippen LogP contribution in [-0.2, 0) is 4.79 Å². The molecule has 0 aliphatic rings. The van der Waals surface area contributed by atoms with E-state index in [9.17, 15) is 9.59 Å². The summed E-state index contributed by atoms with van der Waals surface area (Å²) in [5, 5.41) is 0.584. The van der Waals surface area contributed by atoms with Crippen LogP contribution in [0.3, 0.4) is 0 Å². The van der Waals surface area contributed by atoms with Gasteiger partial charge in [0.15, 0.2) is 11.5 Å². The van der Waals surface area contributed by atoms with Crippen molar-refractivity contribution in [1.82, 2.24) is 10.9 Å². The van der Waals surface area contributed by atoms with Crippen molar-refractivity contribution in [2.75, 3.05) is 14.2 Å². The lowest BCUT2D eigenvalue weighted by Crippen LogP contribution is -2.40. The highest BCUT2D eigenvalue weighted by Gasteiger charge is 2.11. The molecule has 0 saturated carbocycles. The summed E-state index contributed by atoms with van der Waals surface area (Å²) in [6, 6.07) is 9.66. The molecule has 0 saturated heterocycles. The van der Waals surface area contributed by atoms with Crippen LogP contribution in [0.15, 0.2) is 42.5 Å². The Morgan fingerprint density at radius 1 is 0.962 bits per heavy atom. The average Bonchev–Trinajstić information content (AvgIpc) is 2.65. The summed E-state index contributed by atoms with van der Waals surface area (Å²) in [6.45, 7) is 0. The van der Waals surface area contributed by atoms with E-state index in [0.29, 0.717) is 16.5 Å². The molecule has 0 aromatic heterocycles. The number of rotatable bonds is 5. The van der Waals surface area contributed by atoms with Crippen molar-refractivity contribution in [2.24, 2.45) is 0 Å². The molecule has 136 valence electrons. The van der Waals surface area contributed by atoms with Gasteiger partial charge in [0.2, 0.25) is 0 Å². The molecule has 0 spiro atoms. The number of hydrazine groups is 1. The second-order valence-corrected chi connectivity index (χ2v) is 5.86. The standard InChI is InChI=1S/C18H16Cl2N2O4/c1-25-15-7-3-11(9-16(15)26-2)4-8-17(23)21-22-18(24)13-10-12(19)5-6-14(13)20/h3-10H,1-2H3,(H,21,23)(H,22,24)/b8-4+. The maximum Gasteiger partial charge on any atom is 0.271 e. The zero-order chi connectivity index (χ0) is 19.1. The van der Waals surface area contributed by atoms with Gasteiger partial charge < -0.3 is 9.47 Å². The van der Waals surface area contributed by atoms with E-state index in [1.165, 1.54) is 32.4 Å². The fourth-order valence-electron chi connectivity index (χ4n) is 2.03. The molecular formula is C18H16Cl2N2O4. The number of amides is 2. The van der Waals surface area contributed by atoms with Crippen LogP contribution in [-0.4, -0.2) is 26.0 Å². The van der Waals surface area contributed by atoms with Crippen molar-refractivity contribution < 1.29 is 19.1 Å². The van der Waals surface area contributed by atoms with Gasteiger partial charge in [0, 0.05) is 11.1 Å². The van der Waals surface area contributed by atoms with E-state index in [4.69, 9.17) is 32.7 Å². The van der Waals surface area contributed by atoms with Crippen LogP contribution in [0.5, 0.6) is 11.5 Å². The molecule has 2 aromatic carbocycles. The molecule has 0 aliphatic heterocycles. The van der Waals surface area contributed by atoms with Gasteiger partial charge in [0.05, 0.1) is 24.8 Å². The number of hydrogen-bond acceptors (Lipinski definition) is 4. The predicted molar refractivity (Wildman–Crippen MR) is 101 cm³/mol. The van der Waals surface area contributed by atoms with Crippen molar-refractivity contribution in [1.29, 1.82) is 0 Å². The molecule has 26 heavy (non-hydrogen) atoms. The van der Waals surface area contributed by atoms with E-state index >= 15 is 0 Å². The first-order valence-electron chi connectivity index (χ1n) is 7.40. The number of hydrogen-bond donors (Lipinski definition) is 2. The zero-order valence-electron chi connectivity index (χ0n) is 14.0. The number of ether oxygens (including phenoxy) is 2. The summed E-state index contributed by atoms with van der Waals surface area (Å²) in [5.41, 5.74) is 5.41. The van der Waals surface area contributed by atoms with Gasteiger partial charge in [-0.1, -0.05) is 29.3 Å². The van der Waals surface area contributed by atoms with Gasteiger partial charge in [-0.25, -0.2) is 0 Å². The maximum atomic E-state index is 12.0. The largest absolute Gasteiger partial charge is 0.493 e. The number of nitrogens with one attached hydrogen (secondary N) is 2. The Labute approximate surface area is 160 Å². The summed E-state index contributed by atoms with van der Waals surface area (Å²) in [6.07, 6.45) is 2.83. The number of methoxy groups -OCH3 is 2. The molecule has 8 heteroatoms. The lowest BCUT2D eigenvalue weighted by Gasteiger charge is -2.08. The third kappa shape index (κ3) is 5.15. The fraction of sp³-hybridized carbons (Fsp3) is 0.111. The Balaban J connectivity index is 1.97. The summed E-state index contributed by atoms with van der Waals surface area (Å²) >= 11 is 11.8. The Bertz CT molecular complexity index is 853. The Morgan fingerprint density at radius 3 is 2.38 bits per heavy atom. The van der Waals surface area contributed by atoms with Crippen molar-refractivity contribution >= 4 is 41.1 Å². The SMILES string of the molecule is COc1ccc(/C=C/C(=O)NNC(=O)c2cc(Cl)ccc2Cl)cc1OC. The highest BCUT2D eigenvalue weighted by molar-refractivity contribution is 6.35. The molecule has 0 radical (unpaired) electrons. The van der Waals surface area contributed by atoms with E-state index in [-0.39, 0.29) is 10.6 Å². The lowest BCUT2D eigenvalue weighted by molar-refractivity contribution is -0.117. The topological polar surface area (TPSA) is 76.7 Å². The van der Waals surface area contributed by atoms with Gasteiger partial charge in [-0.3, -0.25) is 20.4 Å². The van der Waals surface area contributed by atoms with Crippen LogP contribution in [0.2, 0.25) is 10.0 Å². The van der Waals surface area contributed by atoms with Crippen LogP contribution in [0, 0.1) is 0 Å². The minimum atomic E-state index is -0.578. The molecule has 2 N–H and O–H groups in total. The van der Waals surface area contributed by atoms with Crippen molar-refractivity contribution in [3.63, 3.8) is 0 Å². The monoisotopic (exact) mass is 394 g/mol. The van der Waals surface area contributed by atoms with Gasteiger partial charge in [-0.15, -0.1) is 0 Å². The highest BCUT2D eigenvalue weighted by atomic mass is 35.5. The maximum absolute atomic E-state index is 12.0. The van der Waals surface area contributed by atoms with Crippen molar-refractivity contribution in [3.05, 3.63) is 63.6 Å². The Hall–Kier alpha value is -2.70. The molecule has 2 aromatic rings. The predicted octanol–water partition coefficient (Wildman–Crippen LogP) is 3.49. The van der Waals surface area contributed by atoms with Gasteiger partial charge in [0.1, 0.15) is 0 Å². The first-order valence-corrected chi connectivity index (χ1v) is 8.15. The highest BCUT2D eigenvalue weighted by Crippen LogP contribution is 2.27. The van der Waals surface area contributed by atoms with Gasteiger partial charge in [0.25, 0.3) is 11.8 Å². The lowest BCUT2D eigenvalue weighted by atomic mass is 10.2. The quantitative estimate of drug-likeness (QED) is 0.600. The number of benzene rings is 2. The molecule has 2 rings (SSSR count). The molecule has 0 heterocycles. The summed E-state index contributed by atoms with van der Waals surface area (Å²) in [7, 11) is 3.06. The molecule has 0 bridgehead atoms. The molecule has 6 nitrogen and oxygen atoms in total. The van der Waals surface area contributed by atoms with Crippen LogP contribution < -0.4 is 20.3 Å². The first-order chi connectivity index (χ1) is 12.4.